The number of hydrogen-bond donors (Lipinski definition) is 2. The largest absolute Gasteiger partial charge is 0.357 e. The molecule has 3 heterocycles. The lowest BCUT2D eigenvalue weighted by Gasteiger charge is -2.34. The molecule has 0 bridgehead atoms. The summed E-state index contributed by atoms with van der Waals surface area (Å²) < 4.78 is 0. The Bertz CT molecular complexity index is 759. The SMILES string of the molecule is O=C(c1cn[nH]n1)N1CCCCC1c1cc2ccccc2[nH]1. The summed E-state index contributed by atoms with van der Waals surface area (Å²) in [5.74, 6) is -0.0582. The van der Waals surface area contributed by atoms with E-state index in [1.54, 1.807) is 0 Å². The molecule has 1 saturated heterocycles. The van der Waals surface area contributed by atoms with Crippen LogP contribution in [0, 0.1) is 0 Å². The first-order chi connectivity index (χ1) is 10.8. The zero-order chi connectivity index (χ0) is 14.9. The number of hydrogen-bond acceptors (Lipinski definition) is 3. The van der Waals surface area contributed by atoms with E-state index >= 15 is 0 Å². The third-order valence-corrected chi connectivity index (χ3v) is 4.31. The standard InChI is InChI=1S/C16H17N5O/c22-16(14-10-17-20-19-14)21-8-4-3-7-15(21)13-9-11-5-1-2-6-12(11)18-13/h1-2,5-6,9-10,15,18H,3-4,7-8H2,(H,17,19,20). The van der Waals surface area contributed by atoms with Gasteiger partial charge in [-0.15, -0.1) is 0 Å². The van der Waals surface area contributed by atoms with Crippen LogP contribution in [0.1, 0.15) is 41.5 Å². The maximum absolute atomic E-state index is 12.6. The van der Waals surface area contributed by atoms with Crippen molar-refractivity contribution in [2.24, 2.45) is 0 Å². The molecule has 1 unspecified atom stereocenters. The third kappa shape index (κ3) is 2.16. The topological polar surface area (TPSA) is 77.7 Å². The minimum Gasteiger partial charge on any atom is -0.357 e. The van der Waals surface area contributed by atoms with E-state index in [1.807, 2.05) is 17.0 Å². The molecule has 1 amide bonds. The third-order valence-electron chi connectivity index (χ3n) is 4.31. The van der Waals surface area contributed by atoms with Crippen LogP contribution in [0.5, 0.6) is 0 Å². The maximum Gasteiger partial charge on any atom is 0.276 e. The summed E-state index contributed by atoms with van der Waals surface area (Å²) in [5.41, 5.74) is 2.58. The highest BCUT2D eigenvalue weighted by Gasteiger charge is 2.30. The highest BCUT2D eigenvalue weighted by molar-refractivity contribution is 5.92. The number of carbonyl (C=O) groups excluding carboxylic acids is 1. The molecule has 1 fully saturated rings. The molecule has 112 valence electrons. The van der Waals surface area contributed by atoms with E-state index < -0.39 is 0 Å². The van der Waals surface area contributed by atoms with Gasteiger partial charge in [0, 0.05) is 17.8 Å². The van der Waals surface area contributed by atoms with Crippen LogP contribution in [-0.4, -0.2) is 37.7 Å². The summed E-state index contributed by atoms with van der Waals surface area (Å²) in [4.78, 5) is 18.0. The average Bonchev–Trinajstić information content (AvgIpc) is 3.23. The number of nitrogens with one attached hydrogen (secondary N) is 2. The van der Waals surface area contributed by atoms with Crippen molar-refractivity contribution in [3.8, 4) is 0 Å². The Kier molecular flexibility index (Phi) is 3.14. The number of rotatable bonds is 2. The molecule has 2 N–H and O–H groups in total. The van der Waals surface area contributed by atoms with E-state index in [9.17, 15) is 4.79 Å². The highest BCUT2D eigenvalue weighted by atomic mass is 16.2. The Balaban J connectivity index is 1.69. The van der Waals surface area contributed by atoms with Gasteiger partial charge in [-0.1, -0.05) is 18.2 Å². The number of benzene rings is 1. The van der Waals surface area contributed by atoms with E-state index in [4.69, 9.17) is 0 Å². The van der Waals surface area contributed by atoms with Crippen LogP contribution in [-0.2, 0) is 0 Å². The van der Waals surface area contributed by atoms with Gasteiger partial charge in [0.1, 0.15) is 0 Å². The van der Waals surface area contributed by atoms with Crippen LogP contribution < -0.4 is 0 Å². The molecular weight excluding hydrogens is 278 g/mol. The van der Waals surface area contributed by atoms with Gasteiger partial charge in [-0.05, 0) is 36.8 Å². The first-order valence-corrected chi connectivity index (χ1v) is 7.57. The maximum atomic E-state index is 12.6. The molecular formula is C16H17N5O. The van der Waals surface area contributed by atoms with Gasteiger partial charge in [-0.3, -0.25) is 4.79 Å². The van der Waals surface area contributed by atoms with E-state index in [1.165, 1.54) is 11.6 Å². The monoisotopic (exact) mass is 295 g/mol. The van der Waals surface area contributed by atoms with Crippen LogP contribution in [0.25, 0.3) is 10.9 Å². The summed E-state index contributed by atoms with van der Waals surface area (Å²) in [6, 6.07) is 10.4. The number of likely N-dealkylation sites (tertiary alicyclic amines) is 1. The van der Waals surface area contributed by atoms with Gasteiger partial charge in [0.25, 0.3) is 5.91 Å². The van der Waals surface area contributed by atoms with Crippen LogP contribution >= 0.6 is 0 Å². The first-order valence-electron chi connectivity index (χ1n) is 7.57. The molecule has 1 aliphatic rings. The minimum absolute atomic E-state index is 0.0582. The molecule has 22 heavy (non-hydrogen) atoms. The number of aromatic nitrogens is 4. The fourth-order valence-corrected chi connectivity index (χ4v) is 3.23. The molecule has 1 aromatic carbocycles. The molecule has 6 heteroatoms. The number of aromatic amines is 2. The smallest absolute Gasteiger partial charge is 0.276 e. The number of para-hydroxylation sites is 1. The predicted molar refractivity (Wildman–Crippen MR) is 82.3 cm³/mol. The van der Waals surface area contributed by atoms with E-state index in [0.29, 0.717) is 5.69 Å². The Hall–Kier alpha value is -2.63. The normalized spacial score (nSPS) is 18.7. The van der Waals surface area contributed by atoms with Gasteiger partial charge in [-0.25, -0.2) is 0 Å². The van der Waals surface area contributed by atoms with Gasteiger partial charge in [0.15, 0.2) is 5.69 Å². The summed E-state index contributed by atoms with van der Waals surface area (Å²) in [6.07, 6.45) is 4.61. The Morgan fingerprint density at radius 1 is 1.27 bits per heavy atom. The van der Waals surface area contributed by atoms with Gasteiger partial charge in [-0.2, -0.15) is 15.4 Å². The van der Waals surface area contributed by atoms with Crippen LogP contribution in [0.2, 0.25) is 0 Å². The summed E-state index contributed by atoms with van der Waals surface area (Å²) in [6.45, 7) is 0.756. The zero-order valence-electron chi connectivity index (χ0n) is 12.1. The molecule has 4 rings (SSSR count). The molecule has 3 aromatic rings. The second-order valence-corrected chi connectivity index (χ2v) is 5.68. The lowest BCUT2D eigenvalue weighted by molar-refractivity contribution is 0.0601. The average molecular weight is 295 g/mol. The summed E-state index contributed by atoms with van der Waals surface area (Å²) in [7, 11) is 0. The Morgan fingerprint density at radius 3 is 3.00 bits per heavy atom. The molecule has 0 spiro atoms. The first kappa shape index (κ1) is 13.1. The van der Waals surface area contributed by atoms with Crippen molar-refractivity contribution >= 4 is 16.8 Å². The van der Waals surface area contributed by atoms with Crippen molar-refractivity contribution in [1.29, 1.82) is 0 Å². The van der Waals surface area contributed by atoms with Crippen molar-refractivity contribution in [2.75, 3.05) is 6.54 Å². The van der Waals surface area contributed by atoms with Gasteiger partial charge < -0.3 is 9.88 Å². The Morgan fingerprint density at radius 2 is 2.18 bits per heavy atom. The number of H-pyrrole nitrogens is 2. The molecule has 0 aliphatic carbocycles. The minimum atomic E-state index is -0.0582. The van der Waals surface area contributed by atoms with Crippen molar-refractivity contribution in [1.82, 2.24) is 25.3 Å². The van der Waals surface area contributed by atoms with Crippen molar-refractivity contribution in [2.45, 2.75) is 25.3 Å². The lowest BCUT2D eigenvalue weighted by atomic mass is 9.99. The number of amides is 1. The van der Waals surface area contributed by atoms with E-state index in [2.05, 4.69) is 38.6 Å². The number of piperidine rings is 1. The van der Waals surface area contributed by atoms with E-state index in [-0.39, 0.29) is 11.9 Å². The second-order valence-electron chi connectivity index (χ2n) is 5.68. The van der Waals surface area contributed by atoms with Crippen LogP contribution in [0.4, 0.5) is 0 Å². The van der Waals surface area contributed by atoms with Crippen molar-refractivity contribution < 1.29 is 4.79 Å². The van der Waals surface area contributed by atoms with Gasteiger partial charge >= 0.3 is 0 Å². The van der Waals surface area contributed by atoms with E-state index in [0.717, 1.165) is 37.0 Å². The van der Waals surface area contributed by atoms with Crippen molar-refractivity contribution in [3.05, 3.63) is 47.9 Å². The highest BCUT2D eigenvalue weighted by Crippen LogP contribution is 2.33. The number of nitrogens with zero attached hydrogens (tertiary/aromatic N) is 3. The van der Waals surface area contributed by atoms with Crippen molar-refractivity contribution in [3.63, 3.8) is 0 Å². The molecule has 1 atom stereocenters. The molecule has 2 aromatic heterocycles. The fourth-order valence-electron chi connectivity index (χ4n) is 3.23. The van der Waals surface area contributed by atoms with Gasteiger partial charge in [0.2, 0.25) is 0 Å². The summed E-state index contributed by atoms with van der Waals surface area (Å²) in [5, 5.41) is 11.4. The molecule has 6 nitrogen and oxygen atoms in total. The number of carbonyl (C=O) groups is 1. The fraction of sp³-hybridized carbons (Fsp3) is 0.312. The second kappa shape index (κ2) is 5.29. The predicted octanol–water partition coefficient (Wildman–Crippen LogP) is 2.65. The number of fused-ring (bicyclic) bond motifs is 1. The summed E-state index contributed by atoms with van der Waals surface area (Å²) >= 11 is 0. The van der Waals surface area contributed by atoms with Crippen LogP contribution in [0.15, 0.2) is 36.5 Å². The molecule has 0 saturated carbocycles. The van der Waals surface area contributed by atoms with Gasteiger partial charge in [0.05, 0.1) is 12.2 Å². The zero-order valence-corrected chi connectivity index (χ0v) is 12.1. The Labute approximate surface area is 127 Å². The molecule has 1 aliphatic heterocycles. The molecule has 0 radical (unpaired) electrons. The quantitative estimate of drug-likeness (QED) is 0.763. The lowest BCUT2D eigenvalue weighted by Crippen LogP contribution is -2.38. The van der Waals surface area contributed by atoms with Crippen LogP contribution in [0.3, 0.4) is 0 Å².